The van der Waals surface area contributed by atoms with Crippen LogP contribution in [0.3, 0.4) is 0 Å². The smallest absolute Gasteiger partial charge is 0.151 e. The minimum Gasteiger partial charge on any atom is -0.336 e. The normalized spacial score (nSPS) is 10.5. The van der Waals surface area contributed by atoms with Crippen molar-refractivity contribution >= 4 is 39.0 Å². The molecule has 0 saturated carbocycles. The zero-order valence-corrected chi connectivity index (χ0v) is 11.6. The SMILES string of the molecule is Cc1ccnc(Nc2c(F)cc(F)cc2Cl)c1Br. The third-order valence-corrected chi connectivity index (χ3v) is 3.63. The van der Waals surface area contributed by atoms with Gasteiger partial charge in [-0.05, 0) is 40.5 Å². The van der Waals surface area contributed by atoms with Gasteiger partial charge in [0.25, 0.3) is 0 Å². The molecule has 0 unspecified atom stereocenters. The van der Waals surface area contributed by atoms with Crippen molar-refractivity contribution in [3.63, 3.8) is 0 Å². The first kappa shape index (κ1) is 13.2. The van der Waals surface area contributed by atoms with Gasteiger partial charge in [-0.1, -0.05) is 11.6 Å². The lowest BCUT2D eigenvalue weighted by atomic mass is 10.2. The predicted molar refractivity (Wildman–Crippen MR) is 71.3 cm³/mol. The Balaban J connectivity index is 2.43. The van der Waals surface area contributed by atoms with Crippen molar-refractivity contribution in [2.24, 2.45) is 0 Å². The predicted octanol–water partition coefficient (Wildman–Crippen LogP) is 4.83. The van der Waals surface area contributed by atoms with Crippen molar-refractivity contribution in [2.75, 3.05) is 5.32 Å². The molecule has 94 valence electrons. The van der Waals surface area contributed by atoms with Gasteiger partial charge < -0.3 is 5.32 Å². The Hall–Kier alpha value is -1.20. The number of benzene rings is 1. The summed E-state index contributed by atoms with van der Waals surface area (Å²) >= 11 is 9.13. The molecule has 2 aromatic rings. The summed E-state index contributed by atoms with van der Waals surface area (Å²) in [5.74, 6) is -1.07. The summed E-state index contributed by atoms with van der Waals surface area (Å²) < 4.78 is 27.2. The number of nitrogens with zero attached hydrogens (tertiary/aromatic N) is 1. The van der Waals surface area contributed by atoms with Crippen LogP contribution in [0.2, 0.25) is 5.02 Å². The second-order valence-corrected chi connectivity index (χ2v) is 4.86. The van der Waals surface area contributed by atoms with Crippen LogP contribution in [0.1, 0.15) is 5.56 Å². The minimum atomic E-state index is -0.768. The molecule has 0 aliphatic rings. The van der Waals surface area contributed by atoms with Crippen LogP contribution in [0.5, 0.6) is 0 Å². The van der Waals surface area contributed by atoms with E-state index in [-0.39, 0.29) is 10.7 Å². The van der Waals surface area contributed by atoms with Gasteiger partial charge in [0.2, 0.25) is 0 Å². The molecule has 0 spiro atoms. The molecule has 1 aromatic heterocycles. The van der Waals surface area contributed by atoms with Crippen LogP contribution in [0.15, 0.2) is 28.9 Å². The Bertz CT molecular complexity index is 582. The van der Waals surface area contributed by atoms with Crippen molar-refractivity contribution in [3.05, 3.63) is 51.1 Å². The van der Waals surface area contributed by atoms with E-state index in [1.54, 1.807) is 12.3 Å². The summed E-state index contributed by atoms with van der Waals surface area (Å²) in [5.41, 5.74) is 0.933. The van der Waals surface area contributed by atoms with E-state index in [2.05, 4.69) is 26.2 Å². The van der Waals surface area contributed by atoms with Crippen molar-refractivity contribution in [2.45, 2.75) is 6.92 Å². The number of aryl methyl sites for hydroxylation is 1. The quantitative estimate of drug-likeness (QED) is 0.851. The second kappa shape index (κ2) is 5.20. The topological polar surface area (TPSA) is 24.9 Å². The maximum atomic E-state index is 13.6. The maximum absolute atomic E-state index is 13.6. The van der Waals surface area contributed by atoms with Crippen LogP contribution in [0.25, 0.3) is 0 Å². The highest BCUT2D eigenvalue weighted by Gasteiger charge is 2.12. The van der Waals surface area contributed by atoms with Gasteiger partial charge in [0.05, 0.1) is 15.2 Å². The molecule has 0 aliphatic carbocycles. The fourth-order valence-electron chi connectivity index (χ4n) is 1.41. The van der Waals surface area contributed by atoms with Crippen molar-refractivity contribution in [1.29, 1.82) is 0 Å². The van der Waals surface area contributed by atoms with Crippen LogP contribution in [0, 0.1) is 18.6 Å². The Morgan fingerprint density at radius 1 is 1.33 bits per heavy atom. The lowest BCUT2D eigenvalue weighted by molar-refractivity contribution is 0.586. The van der Waals surface area contributed by atoms with Gasteiger partial charge in [-0.2, -0.15) is 0 Å². The maximum Gasteiger partial charge on any atom is 0.151 e. The van der Waals surface area contributed by atoms with Crippen LogP contribution >= 0.6 is 27.5 Å². The molecule has 0 bridgehead atoms. The number of anilines is 2. The highest BCUT2D eigenvalue weighted by atomic mass is 79.9. The summed E-state index contributed by atoms with van der Waals surface area (Å²) in [5, 5.41) is 2.71. The molecule has 1 N–H and O–H groups in total. The summed E-state index contributed by atoms with van der Waals surface area (Å²) in [6.07, 6.45) is 1.58. The molecule has 1 heterocycles. The molecule has 2 rings (SSSR count). The molecule has 0 atom stereocenters. The van der Waals surface area contributed by atoms with Crippen molar-refractivity contribution < 1.29 is 8.78 Å². The van der Waals surface area contributed by atoms with Gasteiger partial charge in [-0.15, -0.1) is 0 Å². The van der Waals surface area contributed by atoms with Crippen molar-refractivity contribution in [3.8, 4) is 0 Å². The van der Waals surface area contributed by atoms with Gasteiger partial charge in [0.15, 0.2) is 5.82 Å². The molecule has 1 aromatic carbocycles. The largest absolute Gasteiger partial charge is 0.336 e. The first-order valence-corrected chi connectivity index (χ1v) is 6.19. The third-order valence-electron chi connectivity index (χ3n) is 2.33. The lowest BCUT2D eigenvalue weighted by Crippen LogP contribution is -1.99. The average molecular weight is 334 g/mol. The number of pyridine rings is 1. The molecule has 18 heavy (non-hydrogen) atoms. The Labute approximate surface area is 116 Å². The van der Waals surface area contributed by atoms with E-state index >= 15 is 0 Å². The van der Waals surface area contributed by atoms with E-state index in [1.165, 1.54) is 0 Å². The fourth-order valence-corrected chi connectivity index (χ4v) is 1.98. The highest BCUT2D eigenvalue weighted by molar-refractivity contribution is 9.10. The van der Waals surface area contributed by atoms with Crippen LogP contribution < -0.4 is 5.32 Å². The number of nitrogens with one attached hydrogen (secondary N) is 1. The van der Waals surface area contributed by atoms with Crippen LogP contribution in [0.4, 0.5) is 20.3 Å². The summed E-state index contributed by atoms with van der Waals surface area (Å²) in [7, 11) is 0. The minimum absolute atomic E-state index is 0.00290. The molecule has 0 radical (unpaired) electrons. The number of hydrogen-bond donors (Lipinski definition) is 1. The molecular weight excluding hydrogens is 325 g/mol. The molecule has 2 nitrogen and oxygen atoms in total. The number of rotatable bonds is 2. The highest BCUT2D eigenvalue weighted by Crippen LogP contribution is 2.32. The summed E-state index contributed by atoms with van der Waals surface area (Å²) in [6.45, 7) is 1.87. The molecule has 6 heteroatoms. The van der Waals surface area contributed by atoms with Gasteiger partial charge in [0.1, 0.15) is 11.6 Å². The molecule has 0 saturated heterocycles. The zero-order valence-electron chi connectivity index (χ0n) is 9.27. The third kappa shape index (κ3) is 2.62. The van der Waals surface area contributed by atoms with Gasteiger partial charge in [-0.3, -0.25) is 0 Å². The van der Waals surface area contributed by atoms with Crippen LogP contribution in [-0.4, -0.2) is 4.98 Å². The van der Waals surface area contributed by atoms with Gasteiger partial charge in [-0.25, -0.2) is 13.8 Å². The number of aromatic nitrogens is 1. The Kier molecular flexibility index (Phi) is 3.82. The Morgan fingerprint density at radius 3 is 2.72 bits per heavy atom. The fraction of sp³-hybridized carbons (Fsp3) is 0.0833. The van der Waals surface area contributed by atoms with E-state index in [0.29, 0.717) is 10.3 Å². The van der Waals surface area contributed by atoms with E-state index in [4.69, 9.17) is 11.6 Å². The van der Waals surface area contributed by atoms with E-state index < -0.39 is 11.6 Å². The lowest BCUT2D eigenvalue weighted by Gasteiger charge is -2.11. The van der Waals surface area contributed by atoms with Crippen molar-refractivity contribution in [1.82, 2.24) is 4.98 Å². The first-order valence-electron chi connectivity index (χ1n) is 5.01. The molecule has 0 amide bonds. The average Bonchev–Trinajstić information content (AvgIpc) is 2.28. The Morgan fingerprint density at radius 2 is 2.06 bits per heavy atom. The molecule has 0 aliphatic heterocycles. The molecular formula is C12H8BrClF2N2. The monoisotopic (exact) mass is 332 g/mol. The first-order chi connectivity index (χ1) is 8.49. The number of hydrogen-bond acceptors (Lipinski definition) is 2. The van der Waals surface area contributed by atoms with E-state index in [0.717, 1.165) is 17.7 Å². The summed E-state index contributed by atoms with van der Waals surface area (Å²) in [4.78, 5) is 4.06. The summed E-state index contributed by atoms with van der Waals surface area (Å²) in [6, 6.07) is 3.60. The van der Waals surface area contributed by atoms with Crippen LogP contribution in [-0.2, 0) is 0 Å². The number of halogens is 4. The van der Waals surface area contributed by atoms with Gasteiger partial charge >= 0.3 is 0 Å². The molecule has 0 fully saturated rings. The van der Waals surface area contributed by atoms with E-state index in [9.17, 15) is 8.78 Å². The standard InChI is InChI=1S/C12H8BrClF2N2/c1-6-2-3-17-12(10(6)13)18-11-8(14)4-7(15)5-9(11)16/h2-5H,1H3,(H,17,18). The zero-order chi connectivity index (χ0) is 13.3. The van der Waals surface area contributed by atoms with Gasteiger partial charge in [0, 0.05) is 12.3 Å². The van der Waals surface area contributed by atoms with E-state index in [1.807, 2.05) is 6.92 Å². The second-order valence-electron chi connectivity index (χ2n) is 3.66.